The van der Waals surface area contributed by atoms with Gasteiger partial charge in [0.05, 0.1) is 6.42 Å². The molecule has 0 aromatic carbocycles. The van der Waals surface area contributed by atoms with Crippen molar-refractivity contribution in [2.45, 2.75) is 25.1 Å². The Morgan fingerprint density at radius 1 is 1.55 bits per heavy atom. The summed E-state index contributed by atoms with van der Waals surface area (Å²) >= 11 is 0. The van der Waals surface area contributed by atoms with Gasteiger partial charge in [-0.25, -0.2) is 0 Å². The highest BCUT2D eigenvalue weighted by Gasteiger charge is 2.49. The van der Waals surface area contributed by atoms with Crippen molar-refractivity contribution < 1.29 is 23.1 Å². The van der Waals surface area contributed by atoms with Crippen LogP contribution < -0.4 is 5.73 Å². The van der Waals surface area contributed by atoms with Crippen LogP contribution in [0.2, 0.25) is 0 Å². The van der Waals surface area contributed by atoms with Crippen LogP contribution in [0.3, 0.4) is 0 Å². The van der Waals surface area contributed by atoms with Gasteiger partial charge in [-0.1, -0.05) is 0 Å². The lowest BCUT2D eigenvalue weighted by Gasteiger charge is -2.25. The Kier molecular flexibility index (Phi) is 2.50. The Morgan fingerprint density at radius 3 is 2.00 bits per heavy atom. The molecule has 1 atom stereocenters. The highest BCUT2D eigenvalue weighted by molar-refractivity contribution is 5.68. The molecule has 0 saturated heterocycles. The number of carboxylic acids is 1. The van der Waals surface area contributed by atoms with Crippen molar-refractivity contribution in [3.63, 3.8) is 0 Å². The second kappa shape index (κ2) is 2.69. The van der Waals surface area contributed by atoms with E-state index in [0.717, 1.165) is 0 Å². The molecule has 0 aliphatic carbocycles. The van der Waals surface area contributed by atoms with Gasteiger partial charge < -0.3 is 10.8 Å². The summed E-state index contributed by atoms with van der Waals surface area (Å²) in [6.45, 7) is 0.640. The summed E-state index contributed by atoms with van der Waals surface area (Å²) in [6.07, 6.45) is -5.79. The van der Waals surface area contributed by atoms with Crippen molar-refractivity contribution in [3.05, 3.63) is 0 Å². The first-order chi connectivity index (χ1) is 4.67. The molecule has 0 aromatic heterocycles. The predicted octanol–water partition coefficient (Wildman–Crippen LogP) is 0.741. The number of hydrogen-bond donors (Lipinski definition) is 2. The molecule has 11 heavy (non-hydrogen) atoms. The van der Waals surface area contributed by atoms with E-state index in [1.807, 2.05) is 0 Å². The summed E-state index contributed by atoms with van der Waals surface area (Å²) in [5, 5.41) is 8.03. The molecule has 0 aliphatic heterocycles. The maximum atomic E-state index is 11.8. The second-order valence-corrected chi connectivity index (χ2v) is 2.49. The van der Waals surface area contributed by atoms with Gasteiger partial charge in [-0.2, -0.15) is 13.2 Å². The van der Waals surface area contributed by atoms with Crippen molar-refractivity contribution >= 4 is 5.97 Å². The third kappa shape index (κ3) is 2.75. The van der Waals surface area contributed by atoms with Crippen LogP contribution in [0.4, 0.5) is 13.2 Å². The molecular weight excluding hydrogens is 163 g/mol. The van der Waals surface area contributed by atoms with Crippen LogP contribution in [0.1, 0.15) is 13.3 Å². The molecule has 66 valence electrons. The van der Waals surface area contributed by atoms with Crippen molar-refractivity contribution in [1.82, 2.24) is 0 Å². The van der Waals surface area contributed by atoms with E-state index >= 15 is 0 Å². The Labute approximate surface area is 61.0 Å². The molecule has 0 fully saturated rings. The fourth-order valence-corrected chi connectivity index (χ4v) is 0.414. The molecule has 0 rings (SSSR count). The van der Waals surface area contributed by atoms with Gasteiger partial charge in [-0.3, -0.25) is 4.79 Å². The van der Waals surface area contributed by atoms with Gasteiger partial charge in [0.2, 0.25) is 0 Å². The van der Waals surface area contributed by atoms with Crippen LogP contribution in [-0.4, -0.2) is 22.8 Å². The van der Waals surface area contributed by atoms with E-state index in [1.165, 1.54) is 0 Å². The minimum absolute atomic E-state index is 0.640. The number of carboxylic acid groups (broad SMARTS) is 1. The van der Waals surface area contributed by atoms with Crippen LogP contribution >= 0.6 is 0 Å². The number of aliphatic carboxylic acids is 1. The standard InChI is InChI=1S/C5H8F3NO2/c1-4(9,2-3(10)11)5(6,7)8/h2,9H2,1H3,(H,10,11)/t4-/m0/s1. The van der Waals surface area contributed by atoms with Gasteiger partial charge in [0.1, 0.15) is 5.54 Å². The highest BCUT2D eigenvalue weighted by Crippen LogP contribution is 2.30. The van der Waals surface area contributed by atoms with E-state index in [2.05, 4.69) is 5.73 Å². The smallest absolute Gasteiger partial charge is 0.406 e. The van der Waals surface area contributed by atoms with E-state index in [1.54, 1.807) is 0 Å². The number of nitrogens with two attached hydrogens (primary N) is 1. The van der Waals surface area contributed by atoms with Gasteiger partial charge in [0.15, 0.2) is 0 Å². The normalized spacial score (nSPS) is 17.5. The Bertz CT molecular complexity index is 164. The lowest BCUT2D eigenvalue weighted by Crippen LogP contribution is -2.52. The van der Waals surface area contributed by atoms with Gasteiger partial charge in [-0.05, 0) is 6.92 Å². The minimum atomic E-state index is -4.68. The largest absolute Gasteiger partial charge is 0.481 e. The van der Waals surface area contributed by atoms with Crippen LogP contribution in [0.15, 0.2) is 0 Å². The van der Waals surface area contributed by atoms with Crippen molar-refractivity contribution in [1.29, 1.82) is 0 Å². The molecule has 0 amide bonds. The van der Waals surface area contributed by atoms with Crippen molar-refractivity contribution in [2.24, 2.45) is 5.73 Å². The third-order valence-corrected chi connectivity index (χ3v) is 1.17. The number of alkyl halides is 3. The fourth-order valence-electron chi connectivity index (χ4n) is 0.414. The molecule has 3 nitrogen and oxygen atoms in total. The first kappa shape index (κ1) is 10.2. The summed E-state index contributed by atoms with van der Waals surface area (Å²) in [6, 6.07) is 0. The molecule has 0 aliphatic rings. The van der Waals surface area contributed by atoms with Gasteiger partial charge in [0, 0.05) is 0 Å². The van der Waals surface area contributed by atoms with E-state index in [-0.39, 0.29) is 0 Å². The molecule has 0 bridgehead atoms. The van der Waals surface area contributed by atoms with Gasteiger partial charge in [0.25, 0.3) is 0 Å². The maximum Gasteiger partial charge on any atom is 0.406 e. The molecule has 0 unspecified atom stereocenters. The quantitative estimate of drug-likeness (QED) is 0.644. The molecule has 0 heterocycles. The zero-order valence-corrected chi connectivity index (χ0v) is 5.77. The first-order valence-electron chi connectivity index (χ1n) is 2.74. The number of halogens is 3. The van der Waals surface area contributed by atoms with Crippen molar-refractivity contribution in [2.75, 3.05) is 0 Å². The second-order valence-electron chi connectivity index (χ2n) is 2.49. The summed E-state index contributed by atoms with van der Waals surface area (Å²) in [5.41, 5.74) is 2.05. The Morgan fingerprint density at radius 2 is 1.91 bits per heavy atom. The summed E-state index contributed by atoms with van der Waals surface area (Å²) in [5.74, 6) is -1.56. The van der Waals surface area contributed by atoms with Crippen LogP contribution in [0, 0.1) is 0 Å². The highest BCUT2D eigenvalue weighted by atomic mass is 19.4. The molecule has 0 radical (unpaired) electrons. The van der Waals surface area contributed by atoms with E-state index in [9.17, 15) is 18.0 Å². The third-order valence-electron chi connectivity index (χ3n) is 1.17. The van der Waals surface area contributed by atoms with E-state index in [0.29, 0.717) is 6.92 Å². The zero-order chi connectivity index (χ0) is 9.28. The average molecular weight is 171 g/mol. The molecule has 6 heteroatoms. The molecule has 0 aromatic rings. The van der Waals surface area contributed by atoms with Crippen LogP contribution in [-0.2, 0) is 4.79 Å². The van der Waals surface area contributed by atoms with E-state index < -0.39 is 24.1 Å². The first-order valence-corrected chi connectivity index (χ1v) is 2.74. The SMILES string of the molecule is C[C@](N)(CC(=O)O)C(F)(F)F. The number of carbonyl (C=O) groups is 1. The summed E-state index contributed by atoms with van der Waals surface area (Å²) < 4.78 is 35.4. The fraction of sp³-hybridized carbons (Fsp3) is 0.800. The molecule has 3 N–H and O–H groups in total. The maximum absolute atomic E-state index is 11.8. The Hall–Kier alpha value is -0.780. The average Bonchev–Trinajstić information content (AvgIpc) is 1.56. The minimum Gasteiger partial charge on any atom is -0.481 e. The summed E-state index contributed by atoms with van der Waals surface area (Å²) in [4.78, 5) is 9.88. The topological polar surface area (TPSA) is 63.3 Å². The van der Waals surface area contributed by atoms with E-state index in [4.69, 9.17) is 5.11 Å². The van der Waals surface area contributed by atoms with Crippen LogP contribution in [0.5, 0.6) is 0 Å². The Balaban J connectivity index is 4.34. The monoisotopic (exact) mass is 171 g/mol. The molecular formula is C5H8F3NO2. The number of rotatable bonds is 2. The lowest BCUT2D eigenvalue weighted by atomic mass is 9.99. The molecule has 0 spiro atoms. The number of hydrogen-bond acceptors (Lipinski definition) is 2. The lowest BCUT2D eigenvalue weighted by molar-refractivity contribution is -0.188. The van der Waals surface area contributed by atoms with Crippen LogP contribution in [0.25, 0.3) is 0 Å². The van der Waals surface area contributed by atoms with Crippen molar-refractivity contribution in [3.8, 4) is 0 Å². The molecule has 0 saturated carbocycles. The van der Waals surface area contributed by atoms with Gasteiger partial charge in [-0.15, -0.1) is 0 Å². The zero-order valence-electron chi connectivity index (χ0n) is 5.77. The van der Waals surface area contributed by atoms with Gasteiger partial charge >= 0.3 is 12.1 Å². The summed E-state index contributed by atoms with van der Waals surface area (Å²) in [7, 11) is 0. The predicted molar refractivity (Wildman–Crippen MR) is 30.9 cm³/mol.